The Morgan fingerprint density at radius 3 is 1.32 bits per heavy atom. The number of urea groups is 1. The van der Waals surface area contributed by atoms with Crippen LogP contribution in [0.5, 0.6) is 0 Å². The van der Waals surface area contributed by atoms with Gasteiger partial charge in [-0.15, -0.1) is 0 Å². The summed E-state index contributed by atoms with van der Waals surface area (Å²) in [6.07, 6.45) is 13.3. The molecule has 5 amide bonds. The van der Waals surface area contributed by atoms with Crippen LogP contribution < -0.4 is 5.32 Å². The number of carbonyl (C=O) groups excluding carboxylic acids is 4. The Bertz CT molecular complexity index is 1140. The maximum Gasteiger partial charge on any atom is 0.317 e. The van der Waals surface area contributed by atoms with E-state index in [2.05, 4.69) is 67.8 Å². The van der Waals surface area contributed by atoms with Crippen molar-refractivity contribution in [1.29, 1.82) is 0 Å². The van der Waals surface area contributed by atoms with Gasteiger partial charge in [0.05, 0.1) is 13.2 Å². The third-order valence-corrected chi connectivity index (χ3v) is 13.5. The average Bonchev–Trinajstić information content (AvgIpc) is 3.21. The first-order chi connectivity index (χ1) is 27.5. The molecule has 0 aromatic rings. The molecule has 0 atom stereocenters. The van der Waals surface area contributed by atoms with Crippen LogP contribution in [0.25, 0.3) is 0 Å². The van der Waals surface area contributed by atoms with Crippen LogP contribution in [0.3, 0.4) is 0 Å². The van der Waals surface area contributed by atoms with Crippen molar-refractivity contribution in [1.82, 2.24) is 49.4 Å². The highest BCUT2D eigenvalue weighted by Gasteiger charge is 2.32. The average molecular weight is 803 g/mol. The lowest BCUT2D eigenvalue weighted by Crippen LogP contribution is -2.55. The highest BCUT2D eigenvalue weighted by Crippen LogP contribution is 2.22. The minimum atomic E-state index is 0.144. The van der Waals surface area contributed by atoms with E-state index >= 15 is 0 Å². The molecule has 15 heteroatoms. The van der Waals surface area contributed by atoms with Crippen LogP contribution >= 0.6 is 0 Å². The predicted molar refractivity (Wildman–Crippen MR) is 224 cm³/mol. The van der Waals surface area contributed by atoms with E-state index in [1.54, 1.807) is 0 Å². The van der Waals surface area contributed by atoms with Gasteiger partial charge in [0, 0.05) is 69.9 Å². The summed E-state index contributed by atoms with van der Waals surface area (Å²) in [4.78, 5) is 66.4. The molecule has 0 aromatic carbocycles. The van der Waals surface area contributed by atoms with Crippen LogP contribution in [0.15, 0.2) is 0 Å². The molecule has 8 aliphatic rings. The fraction of sp³-hybridized carbons (Fsp3) is 0.905. The summed E-state index contributed by atoms with van der Waals surface area (Å²) in [7, 11) is 10.6. The van der Waals surface area contributed by atoms with E-state index in [9.17, 15) is 19.2 Å². The molecular weight excluding hydrogens is 725 g/mol. The largest absolute Gasteiger partial charge is 0.370 e. The Morgan fingerprint density at radius 2 is 0.877 bits per heavy atom. The number of morpholine rings is 1. The first-order valence-corrected chi connectivity index (χ1v) is 22.4. The zero-order chi connectivity index (χ0) is 40.7. The third kappa shape index (κ3) is 14.3. The van der Waals surface area contributed by atoms with Crippen molar-refractivity contribution in [3.63, 3.8) is 0 Å². The second-order valence-corrected chi connectivity index (χ2v) is 17.9. The van der Waals surface area contributed by atoms with Crippen LogP contribution in [-0.2, 0) is 19.1 Å². The number of rotatable bonds is 4. The second-order valence-electron chi connectivity index (χ2n) is 17.9. The summed E-state index contributed by atoms with van der Waals surface area (Å²) in [5, 5.41) is 2.91. The van der Waals surface area contributed by atoms with Crippen molar-refractivity contribution >= 4 is 23.8 Å². The van der Waals surface area contributed by atoms with Gasteiger partial charge in [-0.2, -0.15) is 0 Å². The summed E-state index contributed by atoms with van der Waals surface area (Å²) >= 11 is 0. The van der Waals surface area contributed by atoms with Gasteiger partial charge in [-0.05, 0) is 158 Å². The van der Waals surface area contributed by atoms with Crippen LogP contribution in [0.4, 0.5) is 4.79 Å². The second kappa shape index (κ2) is 23.3. The fourth-order valence-corrected chi connectivity index (χ4v) is 9.54. The fourth-order valence-electron chi connectivity index (χ4n) is 9.54. The molecule has 8 saturated heterocycles. The van der Waals surface area contributed by atoms with E-state index < -0.39 is 0 Å². The molecule has 8 aliphatic heterocycles. The van der Waals surface area contributed by atoms with E-state index in [1.807, 2.05) is 16.8 Å². The first-order valence-electron chi connectivity index (χ1n) is 22.4. The van der Waals surface area contributed by atoms with Crippen molar-refractivity contribution in [2.75, 3.05) is 147 Å². The number of piperidine rings is 5. The van der Waals surface area contributed by atoms with Gasteiger partial charge in [-0.25, -0.2) is 4.79 Å². The van der Waals surface area contributed by atoms with Crippen LogP contribution in [-0.4, -0.2) is 239 Å². The number of likely N-dealkylation sites (N-methyl/N-ethyl adjacent to an activating group) is 1. The Balaban J connectivity index is 0.000000145. The van der Waals surface area contributed by atoms with Crippen molar-refractivity contribution in [2.24, 2.45) is 0 Å². The highest BCUT2D eigenvalue weighted by molar-refractivity contribution is 5.79. The van der Waals surface area contributed by atoms with Gasteiger partial charge in [0.2, 0.25) is 17.7 Å². The Hall–Kier alpha value is -2.56. The number of ether oxygens (including phenoxy) is 1. The number of carbonyl (C=O) groups is 4. The summed E-state index contributed by atoms with van der Waals surface area (Å²) in [6, 6.07) is 2.13. The van der Waals surface area contributed by atoms with Gasteiger partial charge >= 0.3 is 6.03 Å². The minimum absolute atomic E-state index is 0.144. The smallest absolute Gasteiger partial charge is 0.317 e. The molecule has 1 N–H and O–H groups in total. The lowest BCUT2D eigenvalue weighted by molar-refractivity contribution is -0.146. The highest BCUT2D eigenvalue weighted by atomic mass is 16.5. The molecule has 0 radical (unpaired) electrons. The Kier molecular flexibility index (Phi) is 18.6. The monoisotopic (exact) mass is 803 g/mol. The summed E-state index contributed by atoms with van der Waals surface area (Å²) < 4.78 is 5.12. The minimum Gasteiger partial charge on any atom is -0.370 e. The Labute approximate surface area is 344 Å². The molecule has 8 heterocycles. The molecule has 8 fully saturated rings. The van der Waals surface area contributed by atoms with E-state index in [0.717, 1.165) is 149 Å². The van der Waals surface area contributed by atoms with E-state index in [4.69, 9.17) is 4.74 Å². The van der Waals surface area contributed by atoms with Gasteiger partial charge < -0.3 is 49.3 Å². The molecule has 57 heavy (non-hydrogen) atoms. The van der Waals surface area contributed by atoms with Crippen molar-refractivity contribution < 1.29 is 23.9 Å². The van der Waals surface area contributed by atoms with E-state index in [1.165, 1.54) is 19.3 Å². The SMILES string of the molecule is CN1CCC(N2CCCCC2=O)CC1.CN1CCC(N2CCCNC2=O)CC1.CN1CCC(N2CCN(C)CC2=O)CC1.CN1CCC(N2CCOCC2=O)CC1. The lowest BCUT2D eigenvalue weighted by atomic mass is 10.00. The number of nitrogens with one attached hydrogen (secondary N) is 1. The maximum absolute atomic E-state index is 11.9. The van der Waals surface area contributed by atoms with E-state index in [0.29, 0.717) is 49.1 Å². The van der Waals surface area contributed by atoms with Gasteiger partial charge in [0.25, 0.3) is 0 Å². The molecule has 0 aliphatic carbocycles. The Morgan fingerprint density at radius 1 is 0.439 bits per heavy atom. The molecule has 0 bridgehead atoms. The molecular formula is C42H78N10O5. The zero-order valence-corrected chi connectivity index (χ0v) is 36.4. The molecule has 326 valence electrons. The number of likely N-dealkylation sites (tertiary alicyclic amines) is 5. The molecule has 0 saturated carbocycles. The molecule has 0 aromatic heterocycles. The van der Waals surface area contributed by atoms with Gasteiger partial charge in [0.15, 0.2) is 0 Å². The number of nitrogens with zero attached hydrogens (tertiary/aromatic N) is 9. The lowest BCUT2D eigenvalue weighted by Gasteiger charge is -2.41. The number of amides is 5. The van der Waals surface area contributed by atoms with Crippen molar-refractivity contribution in [3.05, 3.63) is 0 Å². The zero-order valence-electron chi connectivity index (χ0n) is 36.4. The molecule has 8 rings (SSSR count). The predicted octanol–water partition coefficient (Wildman–Crippen LogP) is 1.38. The number of piperazine rings is 1. The summed E-state index contributed by atoms with van der Waals surface area (Å²) in [5.41, 5.74) is 0. The van der Waals surface area contributed by atoms with E-state index in [-0.39, 0.29) is 18.5 Å². The van der Waals surface area contributed by atoms with Crippen LogP contribution in [0.2, 0.25) is 0 Å². The van der Waals surface area contributed by atoms with Crippen molar-refractivity contribution in [2.45, 2.75) is 101 Å². The quantitative estimate of drug-likeness (QED) is 0.447. The van der Waals surface area contributed by atoms with Crippen molar-refractivity contribution in [3.8, 4) is 0 Å². The summed E-state index contributed by atoms with van der Waals surface area (Å²) in [6.45, 7) is 16.1. The standard InChI is InChI=1S/C11H21N3O.C11H20N2O.C10H19N3O.C10H18N2O2/c1-12-5-3-10(4-6-12)14-8-7-13(2)9-11(14)15;1-12-8-5-10(6-9-12)13-7-3-2-4-11(13)14;1-12-7-3-9(4-8-12)13-6-2-5-11-10(13)14;1-11-4-2-9(3-5-11)12-6-7-14-8-10(12)13/h10H,3-9H2,1-2H3;10H,2-9H2,1H3;9H,2-8H2,1H3,(H,11,14);9H,2-8H2,1H3. The maximum atomic E-state index is 11.9. The van der Waals surface area contributed by atoms with Gasteiger partial charge in [0.1, 0.15) is 6.61 Å². The normalized spacial score (nSPS) is 26.9. The van der Waals surface area contributed by atoms with Gasteiger partial charge in [-0.3, -0.25) is 19.3 Å². The van der Waals surface area contributed by atoms with Crippen LogP contribution in [0, 0.1) is 0 Å². The number of hydrogen-bond acceptors (Lipinski definition) is 10. The van der Waals surface area contributed by atoms with Gasteiger partial charge in [-0.1, -0.05) is 0 Å². The number of hydrogen-bond donors (Lipinski definition) is 1. The first kappa shape index (κ1) is 45.5. The third-order valence-electron chi connectivity index (χ3n) is 13.5. The molecule has 15 nitrogen and oxygen atoms in total. The molecule has 0 spiro atoms. The topological polar surface area (TPSA) is 119 Å². The molecule has 0 unspecified atom stereocenters. The van der Waals surface area contributed by atoms with Crippen LogP contribution in [0.1, 0.15) is 77.0 Å². The summed E-state index contributed by atoms with van der Waals surface area (Å²) in [5.74, 6) is 0.884.